The Morgan fingerprint density at radius 1 is 0.867 bits per heavy atom. The third kappa shape index (κ3) is 2.92. The molecule has 0 heterocycles. The van der Waals surface area contributed by atoms with Crippen LogP contribution in [0.2, 0.25) is 0 Å². The lowest BCUT2D eigenvalue weighted by Gasteiger charge is -2.04. The van der Waals surface area contributed by atoms with Gasteiger partial charge < -0.3 is 10.5 Å². The van der Waals surface area contributed by atoms with Crippen molar-refractivity contribution in [1.82, 2.24) is 0 Å². The minimum Gasteiger partial charge on any atom is -0.399 e. The average molecular weight is 216 g/mol. The predicted octanol–water partition coefficient (Wildman–Crippen LogP) is 3.39. The predicted molar refractivity (Wildman–Crippen MR) is 66.8 cm³/mol. The van der Waals surface area contributed by atoms with Gasteiger partial charge >= 0.3 is 0 Å². The van der Waals surface area contributed by atoms with Crippen molar-refractivity contribution in [3.63, 3.8) is 0 Å². The molecule has 0 saturated heterocycles. The molecular formula is C12H12N2S. The first-order chi connectivity index (χ1) is 7.34. The monoisotopic (exact) mass is 216 g/mol. The third-order valence-electron chi connectivity index (χ3n) is 1.94. The van der Waals surface area contributed by atoms with Gasteiger partial charge in [-0.25, -0.2) is 0 Å². The molecule has 0 fully saturated rings. The zero-order chi connectivity index (χ0) is 10.5. The van der Waals surface area contributed by atoms with E-state index < -0.39 is 0 Å². The maximum Gasteiger partial charge on any atom is 0.0443 e. The Morgan fingerprint density at radius 3 is 2.20 bits per heavy atom. The molecule has 15 heavy (non-hydrogen) atoms. The van der Waals surface area contributed by atoms with E-state index in [1.54, 1.807) is 11.9 Å². The average Bonchev–Trinajstić information content (AvgIpc) is 2.30. The summed E-state index contributed by atoms with van der Waals surface area (Å²) in [5.74, 6) is 0. The lowest BCUT2D eigenvalue weighted by Crippen LogP contribution is -1.87. The summed E-state index contributed by atoms with van der Waals surface area (Å²) in [5.41, 5.74) is 7.49. The Bertz CT molecular complexity index is 411. The van der Waals surface area contributed by atoms with Gasteiger partial charge in [-0.15, -0.1) is 0 Å². The highest BCUT2D eigenvalue weighted by molar-refractivity contribution is 8.00. The number of nitrogens with two attached hydrogens (primary N) is 1. The highest BCUT2D eigenvalue weighted by atomic mass is 32.2. The van der Waals surface area contributed by atoms with Gasteiger partial charge in [0.1, 0.15) is 0 Å². The minimum atomic E-state index is 0.791. The van der Waals surface area contributed by atoms with E-state index in [4.69, 9.17) is 5.73 Å². The van der Waals surface area contributed by atoms with Crippen molar-refractivity contribution in [2.24, 2.45) is 0 Å². The Balaban J connectivity index is 1.96. The molecule has 2 aromatic carbocycles. The fraction of sp³-hybridized carbons (Fsp3) is 0. The molecule has 2 rings (SSSR count). The summed E-state index contributed by atoms with van der Waals surface area (Å²) >= 11 is 1.58. The Kier molecular flexibility index (Phi) is 3.15. The summed E-state index contributed by atoms with van der Waals surface area (Å²) < 4.78 is 3.26. The molecule has 76 valence electrons. The van der Waals surface area contributed by atoms with Crippen molar-refractivity contribution in [1.29, 1.82) is 0 Å². The fourth-order valence-electron chi connectivity index (χ4n) is 1.16. The number of hydrogen-bond donors (Lipinski definition) is 2. The van der Waals surface area contributed by atoms with E-state index >= 15 is 0 Å². The van der Waals surface area contributed by atoms with Gasteiger partial charge in [0.15, 0.2) is 0 Å². The number of benzene rings is 2. The van der Waals surface area contributed by atoms with Crippen LogP contribution < -0.4 is 10.5 Å². The molecule has 0 bridgehead atoms. The zero-order valence-electron chi connectivity index (χ0n) is 8.18. The van der Waals surface area contributed by atoms with Gasteiger partial charge in [0.25, 0.3) is 0 Å². The number of nitrogen functional groups attached to an aromatic ring is 1. The van der Waals surface area contributed by atoms with Gasteiger partial charge in [0.2, 0.25) is 0 Å². The molecule has 0 amide bonds. The van der Waals surface area contributed by atoms with E-state index in [1.807, 2.05) is 54.6 Å². The van der Waals surface area contributed by atoms with Gasteiger partial charge in [-0.3, -0.25) is 0 Å². The molecule has 0 radical (unpaired) electrons. The van der Waals surface area contributed by atoms with Crippen LogP contribution in [-0.2, 0) is 0 Å². The highest BCUT2D eigenvalue weighted by Crippen LogP contribution is 2.21. The minimum absolute atomic E-state index is 0.791. The molecule has 0 aliphatic heterocycles. The quantitative estimate of drug-likeness (QED) is 0.610. The fourth-order valence-corrected chi connectivity index (χ4v) is 1.80. The second-order valence-electron chi connectivity index (χ2n) is 3.14. The van der Waals surface area contributed by atoms with Crippen molar-refractivity contribution in [2.75, 3.05) is 10.5 Å². The second kappa shape index (κ2) is 4.75. The van der Waals surface area contributed by atoms with E-state index in [0.29, 0.717) is 0 Å². The van der Waals surface area contributed by atoms with Gasteiger partial charge in [-0.05, 0) is 48.3 Å². The third-order valence-corrected chi connectivity index (χ3v) is 2.79. The summed E-state index contributed by atoms with van der Waals surface area (Å²) in [4.78, 5) is 1.15. The van der Waals surface area contributed by atoms with E-state index in [-0.39, 0.29) is 0 Å². The summed E-state index contributed by atoms with van der Waals surface area (Å²) in [5, 5.41) is 0. The number of hydrogen-bond acceptors (Lipinski definition) is 3. The maximum absolute atomic E-state index is 5.60. The largest absolute Gasteiger partial charge is 0.399 e. The second-order valence-corrected chi connectivity index (χ2v) is 4.02. The lowest BCUT2D eigenvalue weighted by atomic mass is 10.3. The van der Waals surface area contributed by atoms with Crippen LogP contribution in [0, 0.1) is 0 Å². The molecular weight excluding hydrogens is 204 g/mol. The SMILES string of the molecule is Nc1ccc(SNc2ccccc2)cc1. The summed E-state index contributed by atoms with van der Waals surface area (Å²) in [6, 6.07) is 17.9. The number of anilines is 2. The topological polar surface area (TPSA) is 38.0 Å². The molecule has 3 N–H and O–H groups in total. The molecule has 0 spiro atoms. The van der Waals surface area contributed by atoms with Crippen molar-refractivity contribution in [2.45, 2.75) is 4.90 Å². The molecule has 0 aliphatic carbocycles. The molecule has 2 nitrogen and oxygen atoms in total. The van der Waals surface area contributed by atoms with Crippen LogP contribution in [0.4, 0.5) is 11.4 Å². The van der Waals surface area contributed by atoms with Gasteiger partial charge in [0.05, 0.1) is 0 Å². The maximum atomic E-state index is 5.60. The van der Waals surface area contributed by atoms with Crippen molar-refractivity contribution in [3.8, 4) is 0 Å². The lowest BCUT2D eigenvalue weighted by molar-refractivity contribution is 1.46. The zero-order valence-corrected chi connectivity index (χ0v) is 9.00. The molecule has 0 unspecified atom stereocenters. The van der Waals surface area contributed by atoms with Crippen LogP contribution in [0.3, 0.4) is 0 Å². The van der Waals surface area contributed by atoms with Crippen LogP contribution in [0.25, 0.3) is 0 Å². The number of rotatable bonds is 3. The van der Waals surface area contributed by atoms with Gasteiger partial charge in [-0.2, -0.15) is 0 Å². The van der Waals surface area contributed by atoms with Gasteiger partial charge in [0, 0.05) is 16.3 Å². The van der Waals surface area contributed by atoms with Crippen LogP contribution in [0.1, 0.15) is 0 Å². The highest BCUT2D eigenvalue weighted by Gasteiger charge is 1.93. The van der Waals surface area contributed by atoms with Crippen molar-refractivity contribution >= 4 is 23.3 Å². The number of nitrogens with one attached hydrogen (secondary N) is 1. The van der Waals surface area contributed by atoms with E-state index in [9.17, 15) is 0 Å². The van der Waals surface area contributed by atoms with E-state index in [0.717, 1.165) is 16.3 Å². The molecule has 0 saturated carbocycles. The molecule has 0 atom stereocenters. The van der Waals surface area contributed by atoms with Gasteiger partial charge in [-0.1, -0.05) is 18.2 Å². The Morgan fingerprint density at radius 2 is 1.53 bits per heavy atom. The van der Waals surface area contributed by atoms with Crippen LogP contribution in [-0.4, -0.2) is 0 Å². The molecule has 2 aromatic rings. The molecule has 3 heteroatoms. The summed E-state index contributed by atoms with van der Waals surface area (Å²) in [6.07, 6.45) is 0. The van der Waals surface area contributed by atoms with E-state index in [1.165, 1.54) is 0 Å². The standard InChI is InChI=1S/C12H12N2S/c13-10-6-8-12(9-7-10)15-14-11-4-2-1-3-5-11/h1-9,14H,13H2. The summed E-state index contributed by atoms with van der Waals surface area (Å²) in [6.45, 7) is 0. The van der Waals surface area contributed by atoms with Crippen LogP contribution >= 0.6 is 11.9 Å². The van der Waals surface area contributed by atoms with Crippen LogP contribution in [0.15, 0.2) is 59.5 Å². The first-order valence-electron chi connectivity index (χ1n) is 4.68. The Labute approximate surface area is 93.6 Å². The van der Waals surface area contributed by atoms with Crippen molar-refractivity contribution < 1.29 is 0 Å². The van der Waals surface area contributed by atoms with E-state index in [2.05, 4.69) is 4.72 Å². The molecule has 0 aliphatic rings. The number of para-hydroxylation sites is 1. The first kappa shape index (κ1) is 9.93. The first-order valence-corrected chi connectivity index (χ1v) is 5.50. The Hall–Kier alpha value is -1.61. The van der Waals surface area contributed by atoms with Crippen LogP contribution in [0.5, 0.6) is 0 Å². The summed E-state index contributed by atoms with van der Waals surface area (Å²) in [7, 11) is 0. The smallest absolute Gasteiger partial charge is 0.0443 e. The molecule has 0 aromatic heterocycles. The van der Waals surface area contributed by atoms with Crippen molar-refractivity contribution in [3.05, 3.63) is 54.6 Å². The normalized spacial score (nSPS) is 9.87.